The van der Waals surface area contributed by atoms with Crippen LogP contribution in [-0.4, -0.2) is 0 Å². The summed E-state index contributed by atoms with van der Waals surface area (Å²) in [7, 11) is 0. The van der Waals surface area contributed by atoms with Gasteiger partial charge in [0.25, 0.3) is 0 Å². The molecule has 0 fully saturated rings. The lowest BCUT2D eigenvalue weighted by atomic mass is 9.85. The molecule has 1 aliphatic rings. The number of hydrogen-bond donors (Lipinski definition) is 0. The van der Waals surface area contributed by atoms with Gasteiger partial charge in [0, 0.05) is 0 Å². The highest BCUT2D eigenvalue weighted by molar-refractivity contribution is 6.17. The molecule has 0 N–H and O–H groups in total. The molecule has 0 bridgehead atoms. The van der Waals surface area contributed by atoms with Crippen molar-refractivity contribution in [3.8, 4) is 11.1 Å². The summed E-state index contributed by atoms with van der Waals surface area (Å²) < 4.78 is 0. The molecule has 30 heavy (non-hydrogen) atoms. The van der Waals surface area contributed by atoms with Crippen molar-refractivity contribution in [1.82, 2.24) is 0 Å². The van der Waals surface area contributed by atoms with Crippen LogP contribution in [0.25, 0.3) is 33.0 Å². The molecular formula is C30H20. The number of benzene rings is 5. The Morgan fingerprint density at radius 3 is 1.40 bits per heavy atom. The van der Waals surface area contributed by atoms with E-state index in [-0.39, 0.29) is 0 Å². The fourth-order valence-corrected chi connectivity index (χ4v) is 4.79. The molecule has 0 heteroatoms. The van der Waals surface area contributed by atoms with E-state index in [2.05, 4.69) is 121 Å². The van der Waals surface area contributed by atoms with Crippen molar-refractivity contribution >= 4 is 21.9 Å². The second kappa shape index (κ2) is 6.86. The molecule has 1 aliphatic carbocycles. The van der Waals surface area contributed by atoms with E-state index in [1.807, 2.05) is 0 Å². The molecule has 0 aliphatic heterocycles. The van der Waals surface area contributed by atoms with Crippen LogP contribution in [-0.2, 0) is 0 Å². The Hall–Kier alpha value is -3.90. The van der Waals surface area contributed by atoms with Crippen LogP contribution in [0, 0.1) is 0 Å². The molecule has 0 heterocycles. The maximum absolute atomic E-state index is 2.28. The molecule has 0 atom stereocenters. The number of fused-ring (bicyclic) bond motifs is 2. The molecule has 0 spiro atoms. The first-order chi connectivity index (χ1) is 14.9. The largest absolute Gasteiger partial charge is 0.0622 e. The van der Waals surface area contributed by atoms with Crippen LogP contribution >= 0.6 is 0 Å². The third-order valence-electron chi connectivity index (χ3n) is 6.04. The van der Waals surface area contributed by atoms with Gasteiger partial charge in [-0.2, -0.15) is 0 Å². The van der Waals surface area contributed by atoms with Crippen LogP contribution < -0.4 is 0 Å². The van der Waals surface area contributed by atoms with E-state index in [1.54, 1.807) is 0 Å². The van der Waals surface area contributed by atoms with Gasteiger partial charge in [-0.15, -0.1) is 0 Å². The molecule has 0 aromatic heterocycles. The van der Waals surface area contributed by atoms with Crippen LogP contribution in [0.1, 0.15) is 22.3 Å². The van der Waals surface area contributed by atoms with Gasteiger partial charge in [-0.1, -0.05) is 121 Å². The molecular weight excluding hydrogens is 360 g/mol. The Bertz CT molecular complexity index is 1400. The van der Waals surface area contributed by atoms with Gasteiger partial charge in [0.15, 0.2) is 0 Å². The topological polar surface area (TPSA) is 0 Å². The van der Waals surface area contributed by atoms with E-state index in [9.17, 15) is 0 Å². The van der Waals surface area contributed by atoms with Crippen LogP contribution in [0.15, 0.2) is 121 Å². The SMILES string of the molecule is c1ccc(C2=C(c3ccccc3)c3cccc4cccc(c34)-c3ccccc32)cc1. The molecule has 0 radical (unpaired) electrons. The highest BCUT2D eigenvalue weighted by Gasteiger charge is 2.24. The lowest BCUT2D eigenvalue weighted by molar-refractivity contribution is 1.53. The quantitative estimate of drug-likeness (QED) is 0.287. The molecule has 0 saturated heterocycles. The van der Waals surface area contributed by atoms with Crippen molar-refractivity contribution in [3.63, 3.8) is 0 Å². The Labute approximate surface area is 176 Å². The van der Waals surface area contributed by atoms with E-state index in [4.69, 9.17) is 0 Å². The summed E-state index contributed by atoms with van der Waals surface area (Å²) in [5.41, 5.74) is 10.3. The highest BCUT2D eigenvalue weighted by Crippen LogP contribution is 2.47. The molecule has 5 aromatic carbocycles. The molecule has 0 unspecified atom stereocenters. The predicted octanol–water partition coefficient (Wildman–Crippen LogP) is 7.83. The first-order valence-electron chi connectivity index (χ1n) is 10.4. The van der Waals surface area contributed by atoms with Crippen molar-refractivity contribution in [3.05, 3.63) is 144 Å². The zero-order valence-electron chi connectivity index (χ0n) is 16.5. The van der Waals surface area contributed by atoms with Crippen LogP contribution in [0.4, 0.5) is 0 Å². The van der Waals surface area contributed by atoms with Gasteiger partial charge in [0.1, 0.15) is 0 Å². The second-order valence-electron chi connectivity index (χ2n) is 7.74. The minimum atomic E-state index is 1.24. The average molecular weight is 380 g/mol. The molecule has 6 rings (SSSR count). The molecule has 0 nitrogen and oxygen atoms in total. The van der Waals surface area contributed by atoms with E-state index in [1.165, 1.54) is 55.3 Å². The summed E-state index contributed by atoms with van der Waals surface area (Å²) in [6.45, 7) is 0. The van der Waals surface area contributed by atoms with Gasteiger partial charge >= 0.3 is 0 Å². The third kappa shape index (κ3) is 2.54. The first kappa shape index (κ1) is 17.0. The van der Waals surface area contributed by atoms with Crippen molar-refractivity contribution < 1.29 is 0 Å². The number of hydrogen-bond acceptors (Lipinski definition) is 0. The zero-order valence-corrected chi connectivity index (χ0v) is 16.5. The van der Waals surface area contributed by atoms with E-state index in [0.29, 0.717) is 0 Å². The highest BCUT2D eigenvalue weighted by atomic mass is 14.3. The minimum absolute atomic E-state index is 1.24. The Morgan fingerprint density at radius 1 is 0.300 bits per heavy atom. The summed E-state index contributed by atoms with van der Waals surface area (Å²) in [4.78, 5) is 0. The van der Waals surface area contributed by atoms with E-state index >= 15 is 0 Å². The van der Waals surface area contributed by atoms with Gasteiger partial charge in [-0.25, -0.2) is 0 Å². The van der Waals surface area contributed by atoms with Gasteiger partial charge in [0.2, 0.25) is 0 Å². The Kier molecular flexibility index (Phi) is 3.89. The smallest absolute Gasteiger partial charge is 0.00201 e. The van der Waals surface area contributed by atoms with Crippen LogP contribution in [0.2, 0.25) is 0 Å². The van der Waals surface area contributed by atoms with E-state index < -0.39 is 0 Å². The van der Waals surface area contributed by atoms with Gasteiger partial charge in [-0.05, 0) is 55.3 Å². The van der Waals surface area contributed by atoms with Gasteiger partial charge in [0.05, 0.1) is 0 Å². The van der Waals surface area contributed by atoms with Crippen LogP contribution in [0.5, 0.6) is 0 Å². The standard InChI is InChI=1S/C30H20/c1-3-11-22(12-4-1)29-26-18-8-7-17-24(26)25-19-9-15-21-16-10-20-27(28(21)25)30(29)23-13-5-2-6-14-23/h1-20H. The number of rotatable bonds is 2. The zero-order chi connectivity index (χ0) is 19.9. The van der Waals surface area contributed by atoms with Crippen molar-refractivity contribution in [2.75, 3.05) is 0 Å². The minimum Gasteiger partial charge on any atom is -0.0622 e. The maximum atomic E-state index is 2.28. The van der Waals surface area contributed by atoms with Crippen molar-refractivity contribution in [2.45, 2.75) is 0 Å². The summed E-state index contributed by atoms with van der Waals surface area (Å²) in [5.74, 6) is 0. The van der Waals surface area contributed by atoms with Crippen molar-refractivity contribution in [1.29, 1.82) is 0 Å². The molecule has 5 aromatic rings. The fourth-order valence-electron chi connectivity index (χ4n) is 4.79. The van der Waals surface area contributed by atoms with Crippen LogP contribution in [0.3, 0.4) is 0 Å². The summed E-state index contributed by atoms with van der Waals surface area (Å²) in [6, 6.07) is 43.8. The summed E-state index contributed by atoms with van der Waals surface area (Å²) in [6.07, 6.45) is 0. The first-order valence-corrected chi connectivity index (χ1v) is 10.4. The normalized spacial score (nSPS) is 12.5. The maximum Gasteiger partial charge on any atom is -0.00201 e. The second-order valence-corrected chi connectivity index (χ2v) is 7.74. The van der Waals surface area contributed by atoms with Crippen molar-refractivity contribution in [2.24, 2.45) is 0 Å². The molecule has 0 saturated carbocycles. The third-order valence-corrected chi connectivity index (χ3v) is 6.04. The Balaban J connectivity index is 1.88. The summed E-state index contributed by atoms with van der Waals surface area (Å²) >= 11 is 0. The monoisotopic (exact) mass is 380 g/mol. The van der Waals surface area contributed by atoms with E-state index in [0.717, 1.165) is 0 Å². The lowest BCUT2D eigenvalue weighted by Gasteiger charge is -2.17. The average Bonchev–Trinajstić information content (AvgIpc) is 2.95. The van der Waals surface area contributed by atoms with Gasteiger partial charge in [-0.3, -0.25) is 0 Å². The fraction of sp³-hybridized carbons (Fsp3) is 0. The lowest BCUT2D eigenvalue weighted by Crippen LogP contribution is -1.96. The molecule has 0 amide bonds. The predicted molar refractivity (Wildman–Crippen MR) is 127 cm³/mol. The van der Waals surface area contributed by atoms with Gasteiger partial charge < -0.3 is 0 Å². The molecule has 140 valence electrons. The Morgan fingerprint density at radius 2 is 0.767 bits per heavy atom. The summed E-state index contributed by atoms with van der Waals surface area (Å²) in [5, 5.41) is 2.61.